The second kappa shape index (κ2) is 6.89. The molecule has 0 aliphatic carbocycles. The molecule has 1 unspecified atom stereocenters. The summed E-state index contributed by atoms with van der Waals surface area (Å²) in [6.07, 6.45) is 0.923. The van der Waals surface area contributed by atoms with Crippen molar-refractivity contribution in [1.82, 2.24) is 5.32 Å². The van der Waals surface area contributed by atoms with Crippen LogP contribution in [0.2, 0.25) is 5.02 Å². The summed E-state index contributed by atoms with van der Waals surface area (Å²) in [5.74, 6) is 0. The molecular formula is C15H14Br2ClN. The minimum absolute atomic E-state index is 0.257. The summed E-state index contributed by atoms with van der Waals surface area (Å²) in [4.78, 5) is 0. The Balaban J connectivity index is 2.25. The molecule has 2 aromatic rings. The molecule has 19 heavy (non-hydrogen) atoms. The van der Waals surface area contributed by atoms with E-state index in [-0.39, 0.29) is 6.04 Å². The quantitative estimate of drug-likeness (QED) is 0.724. The van der Waals surface area contributed by atoms with Gasteiger partial charge in [-0.15, -0.1) is 0 Å². The van der Waals surface area contributed by atoms with Crippen molar-refractivity contribution in [2.45, 2.75) is 12.5 Å². The summed E-state index contributed by atoms with van der Waals surface area (Å²) in [5, 5.41) is 4.09. The van der Waals surface area contributed by atoms with Gasteiger partial charge in [0, 0.05) is 15.0 Å². The summed E-state index contributed by atoms with van der Waals surface area (Å²) in [5.41, 5.74) is 2.50. The van der Waals surface area contributed by atoms with E-state index in [9.17, 15) is 0 Å². The van der Waals surface area contributed by atoms with Crippen LogP contribution in [0.15, 0.2) is 51.4 Å². The molecule has 1 N–H and O–H groups in total. The van der Waals surface area contributed by atoms with Crippen LogP contribution in [0.3, 0.4) is 0 Å². The lowest BCUT2D eigenvalue weighted by Crippen LogP contribution is -2.19. The first-order valence-electron chi connectivity index (χ1n) is 5.97. The van der Waals surface area contributed by atoms with Crippen LogP contribution in [0.25, 0.3) is 0 Å². The summed E-state index contributed by atoms with van der Waals surface area (Å²) in [7, 11) is 1.98. The predicted molar refractivity (Wildman–Crippen MR) is 88.8 cm³/mol. The van der Waals surface area contributed by atoms with Crippen LogP contribution in [-0.4, -0.2) is 7.05 Å². The first-order valence-corrected chi connectivity index (χ1v) is 7.94. The zero-order valence-electron chi connectivity index (χ0n) is 10.5. The molecule has 0 aliphatic heterocycles. The molecule has 4 heteroatoms. The minimum atomic E-state index is 0.257. The van der Waals surface area contributed by atoms with Gasteiger partial charge in [0.05, 0.1) is 5.02 Å². The van der Waals surface area contributed by atoms with Crippen molar-refractivity contribution in [2.24, 2.45) is 0 Å². The number of likely N-dealkylation sites (N-methyl/N-ethyl adjacent to an activating group) is 1. The highest BCUT2D eigenvalue weighted by Gasteiger charge is 2.13. The third-order valence-electron chi connectivity index (χ3n) is 3.08. The molecule has 0 heterocycles. The van der Waals surface area contributed by atoms with Crippen LogP contribution in [0.5, 0.6) is 0 Å². The Hall–Kier alpha value is -0.350. The van der Waals surface area contributed by atoms with E-state index >= 15 is 0 Å². The van der Waals surface area contributed by atoms with Crippen molar-refractivity contribution in [3.63, 3.8) is 0 Å². The van der Waals surface area contributed by atoms with Crippen molar-refractivity contribution in [3.05, 3.63) is 67.6 Å². The Morgan fingerprint density at radius 3 is 2.47 bits per heavy atom. The maximum atomic E-state index is 6.04. The molecule has 0 saturated heterocycles. The lowest BCUT2D eigenvalue weighted by molar-refractivity contribution is 0.591. The molecule has 0 fully saturated rings. The lowest BCUT2D eigenvalue weighted by Gasteiger charge is -2.18. The Bertz CT molecular complexity index is 572. The molecule has 0 radical (unpaired) electrons. The van der Waals surface area contributed by atoms with E-state index in [1.165, 1.54) is 11.1 Å². The van der Waals surface area contributed by atoms with Crippen molar-refractivity contribution in [2.75, 3.05) is 7.05 Å². The smallest absolute Gasteiger partial charge is 0.0548 e. The molecule has 0 bridgehead atoms. The molecule has 0 saturated carbocycles. The monoisotopic (exact) mass is 401 g/mol. The Kier molecular flexibility index (Phi) is 5.46. The number of nitrogens with one attached hydrogen (secondary N) is 1. The van der Waals surface area contributed by atoms with E-state index in [0.29, 0.717) is 0 Å². The Morgan fingerprint density at radius 1 is 1.11 bits per heavy atom. The SMILES string of the molecule is CNC(Cc1ccccc1Br)c1ccc(Cl)c(Br)c1. The van der Waals surface area contributed by atoms with E-state index in [0.717, 1.165) is 20.4 Å². The molecule has 2 aromatic carbocycles. The molecule has 0 aromatic heterocycles. The van der Waals surface area contributed by atoms with Gasteiger partial charge in [0.25, 0.3) is 0 Å². The van der Waals surface area contributed by atoms with Gasteiger partial charge in [0.15, 0.2) is 0 Å². The van der Waals surface area contributed by atoms with E-state index < -0.39 is 0 Å². The second-order valence-corrected chi connectivity index (χ2v) is 6.43. The summed E-state index contributed by atoms with van der Waals surface area (Å²) >= 11 is 13.1. The molecule has 0 spiro atoms. The summed E-state index contributed by atoms with van der Waals surface area (Å²) < 4.78 is 2.07. The average molecular weight is 404 g/mol. The molecule has 2 rings (SSSR count). The number of halogens is 3. The summed E-state index contributed by atoms with van der Waals surface area (Å²) in [6, 6.07) is 14.6. The van der Waals surface area contributed by atoms with Crippen molar-refractivity contribution < 1.29 is 0 Å². The second-order valence-electron chi connectivity index (χ2n) is 4.31. The van der Waals surface area contributed by atoms with Crippen LogP contribution in [0.1, 0.15) is 17.2 Å². The standard InChI is InChI=1S/C15H14Br2ClN/c1-19-15(9-10-4-2-3-5-12(10)16)11-6-7-14(18)13(17)8-11/h2-8,15,19H,9H2,1H3. The maximum Gasteiger partial charge on any atom is 0.0548 e. The fourth-order valence-corrected chi connectivity index (χ4v) is 2.96. The highest BCUT2D eigenvalue weighted by atomic mass is 79.9. The highest BCUT2D eigenvalue weighted by molar-refractivity contribution is 9.10. The first-order chi connectivity index (χ1) is 9.11. The molecule has 0 amide bonds. The van der Waals surface area contributed by atoms with Gasteiger partial charge in [-0.2, -0.15) is 0 Å². The van der Waals surface area contributed by atoms with Crippen molar-refractivity contribution in [3.8, 4) is 0 Å². The zero-order valence-corrected chi connectivity index (χ0v) is 14.4. The van der Waals surface area contributed by atoms with Gasteiger partial charge in [-0.1, -0.05) is 51.8 Å². The topological polar surface area (TPSA) is 12.0 Å². The zero-order chi connectivity index (χ0) is 13.8. The third-order valence-corrected chi connectivity index (χ3v) is 5.06. The van der Waals surface area contributed by atoms with Crippen LogP contribution < -0.4 is 5.32 Å². The van der Waals surface area contributed by atoms with Crippen LogP contribution >= 0.6 is 43.5 Å². The number of hydrogen-bond donors (Lipinski definition) is 1. The Morgan fingerprint density at radius 2 is 1.84 bits per heavy atom. The average Bonchev–Trinajstić information content (AvgIpc) is 2.41. The lowest BCUT2D eigenvalue weighted by atomic mass is 9.99. The van der Waals surface area contributed by atoms with Gasteiger partial charge < -0.3 is 5.32 Å². The van der Waals surface area contributed by atoms with Crippen LogP contribution in [-0.2, 0) is 6.42 Å². The van der Waals surface area contributed by atoms with E-state index in [2.05, 4.69) is 67.5 Å². The molecular weight excluding hydrogens is 389 g/mol. The Labute approximate surface area is 135 Å². The van der Waals surface area contributed by atoms with E-state index in [4.69, 9.17) is 11.6 Å². The predicted octanol–water partition coefficient (Wildman–Crippen LogP) is 5.37. The van der Waals surface area contributed by atoms with Gasteiger partial charge in [-0.3, -0.25) is 0 Å². The third kappa shape index (κ3) is 3.82. The molecule has 1 nitrogen and oxygen atoms in total. The summed E-state index contributed by atoms with van der Waals surface area (Å²) in [6.45, 7) is 0. The van der Waals surface area contributed by atoms with Gasteiger partial charge in [-0.25, -0.2) is 0 Å². The van der Waals surface area contributed by atoms with Gasteiger partial charge in [0.1, 0.15) is 0 Å². The number of rotatable bonds is 4. The van der Waals surface area contributed by atoms with Crippen LogP contribution in [0.4, 0.5) is 0 Å². The molecule has 100 valence electrons. The number of benzene rings is 2. The van der Waals surface area contributed by atoms with Gasteiger partial charge in [-0.05, 0) is 58.7 Å². The highest BCUT2D eigenvalue weighted by Crippen LogP contribution is 2.28. The normalized spacial score (nSPS) is 12.4. The van der Waals surface area contributed by atoms with Gasteiger partial charge >= 0.3 is 0 Å². The fraction of sp³-hybridized carbons (Fsp3) is 0.200. The first kappa shape index (κ1) is 15.0. The molecule has 1 atom stereocenters. The van der Waals surface area contributed by atoms with E-state index in [1.54, 1.807) is 0 Å². The van der Waals surface area contributed by atoms with Gasteiger partial charge in [0.2, 0.25) is 0 Å². The fourth-order valence-electron chi connectivity index (χ4n) is 2.00. The largest absolute Gasteiger partial charge is 0.313 e. The van der Waals surface area contributed by atoms with E-state index in [1.807, 2.05) is 19.2 Å². The van der Waals surface area contributed by atoms with Crippen molar-refractivity contribution >= 4 is 43.5 Å². The number of hydrogen-bond acceptors (Lipinski definition) is 1. The van der Waals surface area contributed by atoms with Crippen LogP contribution in [0, 0.1) is 0 Å². The molecule has 0 aliphatic rings. The minimum Gasteiger partial charge on any atom is -0.313 e. The maximum absolute atomic E-state index is 6.04. The van der Waals surface area contributed by atoms with Crippen molar-refractivity contribution in [1.29, 1.82) is 0 Å².